The Kier molecular flexibility index (Phi) is 4.48. The molecular weight excluding hydrogens is 184 g/mol. The zero-order valence-electron chi connectivity index (χ0n) is 9.36. The van der Waals surface area contributed by atoms with E-state index >= 15 is 0 Å². The molecule has 0 spiro atoms. The maximum atomic E-state index is 9.77. The minimum Gasteiger partial charge on any atom is -0.379 e. The Morgan fingerprint density at radius 3 is 1.71 bits per heavy atom. The normalized spacial score (nSPS) is 16.1. The van der Waals surface area contributed by atoms with Gasteiger partial charge in [-0.2, -0.15) is 0 Å². The fourth-order valence-corrected chi connectivity index (χ4v) is 1.48. The first kappa shape index (κ1) is 13.8. The first-order chi connectivity index (χ1) is 6.05. The lowest BCUT2D eigenvalue weighted by atomic mass is 10.1. The van der Waals surface area contributed by atoms with Crippen LogP contribution in [0.4, 0.5) is 0 Å². The average Bonchev–Trinajstić information content (AvgIpc) is 1.78. The maximum Gasteiger partial charge on any atom is 0.115 e. The average molecular weight is 206 g/mol. The molecule has 0 bridgehead atoms. The van der Waals surface area contributed by atoms with Crippen molar-refractivity contribution in [3.8, 4) is 0 Å². The van der Waals surface area contributed by atoms with Crippen molar-refractivity contribution < 1.29 is 15.3 Å². The summed E-state index contributed by atoms with van der Waals surface area (Å²) in [6.45, 7) is 6.63. The van der Waals surface area contributed by atoms with E-state index < -0.39 is 17.7 Å². The van der Waals surface area contributed by atoms with E-state index in [1.54, 1.807) is 27.7 Å². The lowest BCUT2D eigenvalue weighted by molar-refractivity contribution is -0.201. The van der Waals surface area contributed by atoms with Crippen LogP contribution in [-0.2, 0) is 0 Å². The van der Waals surface area contributed by atoms with Gasteiger partial charge in [-0.25, -0.2) is 4.90 Å². The number of hydrogen-bond donors (Lipinski definition) is 4. The maximum absolute atomic E-state index is 9.77. The molecule has 0 aliphatic rings. The Labute approximate surface area is 85.1 Å². The molecule has 1 atom stereocenters. The molecule has 0 aromatic carbocycles. The summed E-state index contributed by atoms with van der Waals surface area (Å²) in [6, 6.07) is 0. The minimum atomic E-state index is -1.15. The highest BCUT2D eigenvalue weighted by molar-refractivity contribution is 4.78. The molecule has 86 valence electrons. The Morgan fingerprint density at radius 2 is 1.50 bits per heavy atom. The van der Waals surface area contributed by atoms with Crippen molar-refractivity contribution in [3.63, 3.8) is 0 Å². The molecule has 0 saturated heterocycles. The van der Waals surface area contributed by atoms with E-state index in [4.69, 9.17) is 10.8 Å². The van der Waals surface area contributed by atoms with Crippen LogP contribution in [0.2, 0.25) is 0 Å². The third-order valence-electron chi connectivity index (χ3n) is 1.97. The number of nitrogens with zero attached hydrogens (tertiary/aromatic N) is 1. The zero-order chi connectivity index (χ0) is 11.6. The third kappa shape index (κ3) is 4.88. The van der Waals surface area contributed by atoms with Gasteiger partial charge in [-0.05, 0) is 34.1 Å². The van der Waals surface area contributed by atoms with Crippen molar-refractivity contribution >= 4 is 0 Å². The second kappa shape index (κ2) is 4.55. The highest BCUT2D eigenvalue weighted by Gasteiger charge is 2.34. The number of nitrogens with two attached hydrogens (primary N) is 1. The number of aliphatic hydroxyl groups is 3. The Balaban J connectivity index is 4.44. The van der Waals surface area contributed by atoms with Crippen LogP contribution in [0.1, 0.15) is 34.1 Å². The van der Waals surface area contributed by atoms with Crippen molar-refractivity contribution in [2.75, 3.05) is 6.54 Å². The number of aliphatic hydroxyl groups excluding tert-OH is 1. The van der Waals surface area contributed by atoms with Crippen molar-refractivity contribution in [2.24, 2.45) is 5.73 Å². The lowest BCUT2D eigenvalue weighted by Gasteiger charge is -2.42. The van der Waals surface area contributed by atoms with Crippen LogP contribution in [0.3, 0.4) is 0 Å². The summed E-state index contributed by atoms with van der Waals surface area (Å²) >= 11 is 0. The van der Waals surface area contributed by atoms with Gasteiger partial charge >= 0.3 is 0 Å². The molecule has 0 saturated carbocycles. The Morgan fingerprint density at radius 1 is 1.14 bits per heavy atom. The van der Waals surface area contributed by atoms with E-state index in [1.807, 2.05) is 0 Å². The van der Waals surface area contributed by atoms with Crippen molar-refractivity contribution in [1.82, 2.24) is 4.90 Å². The molecule has 5 heteroatoms. The van der Waals surface area contributed by atoms with Gasteiger partial charge in [-0.15, -0.1) is 0 Å². The summed E-state index contributed by atoms with van der Waals surface area (Å²) in [7, 11) is 0. The Hall–Kier alpha value is -0.200. The second-order valence-electron chi connectivity index (χ2n) is 4.50. The van der Waals surface area contributed by atoms with Crippen molar-refractivity contribution in [1.29, 1.82) is 0 Å². The molecule has 5 N–H and O–H groups in total. The molecule has 1 unspecified atom stereocenters. The van der Waals surface area contributed by atoms with Crippen molar-refractivity contribution in [3.05, 3.63) is 0 Å². The van der Waals surface area contributed by atoms with Gasteiger partial charge in [0.15, 0.2) is 0 Å². The molecule has 0 amide bonds. The second-order valence-corrected chi connectivity index (χ2v) is 4.50. The van der Waals surface area contributed by atoms with Gasteiger partial charge in [-0.1, -0.05) is 0 Å². The van der Waals surface area contributed by atoms with E-state index in [2.05, 4.69) is 0 Å². The molecule has 0 heterocycles. The summed E-state index contributed by atoms with van der Waals surface area (Å²) in [6.07, 6.45) is -0.629. The van der Waals surface area contributed by atoms with Crippen LogP contribution < -0.4 is 5.73 Å². The van der Waals surface area contributed by atoms with Crippen LogP contribution in [0.15, 0.2) is 0 Å². The zero-order valence-corrected chi connectivity index (χ0v) is 9.36. The molecule has 0 rings (SSSR count). The smallest absolute Gasteiger partial charge is 0.115 e. The summed E-state index contributed by atoms with van der Waals surface area (Å²) in [5, 5.41) is 28.5. The highest BCUT2D eigenvalue weighted by Crippen LogP contribution is 2.21. The number of hydrogen-bond acceptors (Lipinski definition) is 5. The van der Waals surface area contributed by atoms with Gasteiger partial charge in [0.1, 0.15) is 17.7 Å². The highest BCUT2D eigenvalue weighted by atomic mass is 16.3. The van der Waals surface area contributed by atoms with E-state index in [0.29, 0.717) is 13.0 Å². The molecule has 0 aromatic rings. The fourth-order valence-electron chi connectivity index (χ4n) is 1.48. The Bertz CT molecular complexity index is 156. The van der Waals surface area contributed by atoms with Gasteiger partial charge < -0.3 is 21.1 Å². The summed E-state index contributed by atoms with van der Waals surface area (Å²) in [5.74, 6) is 0. The summed E-state index contributed by atoms with van der Waals surface area (Å²) < 4.78 is 0. The fraction of sp³-hybridized carbons (Fsp3) is 1.00. The van der Waals surface area contributed by atoms with Crippen LogP contribution in [-0.4, -0.2) is 44.4 Å². The molecule has 14 heavy (non-hydrogen) atoms. The van der Waals surface area contributed by atoms with Gasteiger partial charge in [-0.3, -0.25) is 0 Å². The van der Waals surface area contributed by atoms with Crippen LogP contribution in [0.5, 0.6) is 0 Å². The molecule has 5 nitrogen and oxygen atoms in total. The topological polar surface area (TPSA) is 90.0 Å². The minimum absolute atomic E-state index is 0.300. The largest absolute Gasteiger partial charge is 0.379 e. The SMILES string of the molecule is CC(C)(O)N(CCC(N)O)C(C)(C)O. The first-order valence-corrected chi connectivity index (χ1v) is 4.71. The lowest BCUT2D eigenvalue weighted by Crippen LogP contribution is -2.56. The van der Waals surface area contributed by atoms with E-state index in [9.17, 15) is 10.2 Å². The summed E-state index contributed by atoms with van der Waals surface area (Å²) in [5.41, 5.74) is 2.90. The summed E-state index contributed by atoms with van der Waals surface area (Å²) in [4.78, 5) is 1.47. The van der Waals surface area contributed by atoms with E-state index in [-0.39, 0.29) is 0 Å². The molecule has 0 aliphatic carbocycles. The standard InChI is InChI=1S/C9H22N2O3/c1-8(2,13)11(9(3,4)14)6-5-7(10)12/h7,12-14H,5-6,10H2,1-4H3. The quantitative estimate of drug-likeness (QED) is 0.452. The molecule has 0 aromatic heterocycles. The van der Waals surface area contributed by atoms with Crippen molar-refractivity contribution in [2.45, 2.75) is 51.8 Å². The van der Waals surface area contributed by atoms with Gasteiger partial charge in [0.2, 0.25) is 0 Å². The van der Waals surface area contributed by atoms with Crippen LogP contribution in [0, 0.1) is 0 Å². The predicted octanol–water partition coefficient (Wildman–Crippen LogP) is -0.588. The van der Waals surface area contributed by atoms with E-state index in [1.165, 1.54) is 4.90 Å². The van der Waals surface area contributed by atoms with Gasteiger partial charge in [0, 0.05) is 6.54 Å². The van der Waals surface area contributed by atoms with Crippen LogP contribution >= 0.6 is 0 Å². The third-order valence-corrected chi connectivity index (χ3v) is 1.97. The first-order valence-electron chi connectivity index (χ1n) is 4.71. The molecule has 0 fully saturated rings. The van der Waals surface area contributed by atoms with Crippen LogP contribution in [0.25, 0.3) is 0 Å². The van der Waals surface area contributed by atoms with E-state index in [0.717, 1.165) is 0 Å². The molecule has 0 radical (unpaired) electrons. The molecular formula is C9H22N2O3. The van der Waals surface area contributed by atoms with Gasteiger partial charge in [0.25, 0.3) is 0 Å². The predicted molar refractivity (Wildman–Crippen MR) is 54.1 cm³/mol. The molecule has 0 aliphatic heterocycles. The number of rotatable bonds is 5. The monoisotopic (exact) mass is 206 g/mol. The van der Waals surface area contributed by atoms with Gasteiger partial charge in [0.05, 0.1) is 0 Å².